The number of aryl methyl sites for hydroxylation is 1. The Morgan fingerprint density at radius 2 is 1.96 bits per heavy atom. The lowest BCUT2D eigenvalue weighted by molar-refractivity contribution is -0.136. The number of rotatable bonds is 4. The van der Waals surface area contributed by atoms with Crippen LogP contribution in [0.1, 0.15) is 11.3 Å². The summed E-state index contributed by atoms with van der Waals surface area (Å²) >= 11 is 0. The van der Waals surface area contributed by atoms with Crippen molar-refractivity contribution in [2.75, 3.05) is 13.1 Å². The van der Waals surface area contributed by atoms with Crippen LogP contribution in [0.25, 0.3) is 10.9 Å². The lowest BCUT2D eigenvalue weighted by Gasteiger charge is -2.39. The van der Waals surface area contributed by atoms with Gasteiger partial charge in [-0.15, -0.1) is 0 Å². The smallest absolute Gasteiger partial charge is 0.227 e. The summed E-state index contributed by atoms with van der Waals surface area (Å²) in [5.41, 5.74) is 3.13. The van der Waals surface area contributed by atoms with Gasteiger partial charge in [-0.2, -0.15) is 0 Å². The van der Waals surface area contributed by atoms with Crippen LogP contribution in [-0.2, 0) is 24.7 Å². The van der Waals surface area contributed by atoms with Crippen LogP contribution < -0.4 is 0 Å². The Morgan fingerprint density at radius 3 is 2.72 bits per heavy atom. The maximum Gasteiger partial charge on any atom is 0.227 e. The molecule has 25 heavy (non-hydrogen) atoms. The fraction of sp³-hybridized carbons (Fsp3) is 0.300. The van der Waals surface area contributed by atoms with Gasteiger partial charge in [0, 0.05) is 37.9 Å². The van der Waals surface area contributed by atoms with Crippen LogP contribution in [0, 0.1) is 11.7 Å². The van der Waals surface area contributed by atoms with Crippen LogP contribution in [0.5, 0.6) is 0 Å². The number of benzene rings is 1. The largest absolute Gasteiger partial charge is 0.349 e. The molecule has 1 saturated heterocycles. The highest BCUT2D eigenvalue weighted by atomic mass is 19.1. The number of fused-ring (bicyclic) bond motifs is 1. The Kier molecular flexibility index (Phi) is 3.99. The molecular formula is C20H20FN3O. The first-order valence-corrected chi connectivity index (χ1v) is 8.51. The molecule has 0 atom stereocenters. The number of carbonyl (C=O) groups excluding carboxylic acids is 1. The number of hydrogen-bond donors (Lipinski definition) is 0. The minimum absolute atomic E-state index is 0.105. The van der Waals surface area contributed by atoms with Crippen LogP contribution >= 0.6 is 0 Å². The van der Waals surface area contributed by atoms with Crippen LogP contribution in [0.15, 0.2) is 48.8 Å². The Bertz CT molecular complexity index is 910. The molecule has 4 nitrogen and oxygen atoms in total. The zero-order chi connectivity index (χ0) is 17.4. The maximum atomic E-state index is 12.9. The number of hydrogen-bond acceptors (Lipinski definition) is 2. The first-order chi connectivity index (χ1) is 12.1. The average molecular weight is 337 g/mol. The number of halogens is 1. The molecule has 0 unspecified atom stereocenters. The highest BCUT2D eigenvalue weighted by Crippen LogP contribution is 2.25. The third-order valence-electron chi connectivity index (χ3n) is 4.92. The number of carbonyl (C=O) groups is 1. The summed E-state index contributed by atoms with van der Waals surface area (Å²) in [7, 11) is 2.03. The highest BCUT2D eigenvalue weighted by Gasteiger charge is 2.31. The molecule has 2 aromatic heterocycles. The molecule has 0 bridgehead atoms. The van der Waals surface area contributed by atoms with Gasteiger partial charge in [-0.1, -0.05) is 12.1 Å². The Morgan fingerprint density at radius 1 is 1.20 bits per heavy atom. The molecule has 0 radical (unpaired) electrons. The number of pyridine rings is 1. The van der Waals surface area contributed by atoms with E-state index in [1.165, 1.54) is 23.0 Å². The monoisotopic (exact) mass is 337 g/mol. The molecule has 1 fully saturated rings. The molecule has 1 amide bonds. The fourth-order valence-electron chi connectivity index (χ4n) is 3.54. The molecule has 1 aromatic carbocycles. The molecule has 0 N–H and O–H groups in total. The molecule has 0 spiro atoms. The summed E-state index contributed by atoms with van der Waals surface area (Å²) in [4.78, 5) is 18.7. The van der Waals surface area contributed by atoms with E-state index < -0.39 is 0 Å². The summed E-state index contributed by atoms with van der Waals surface area (Å²) in [5, 5.41) is 1.20. The zero-order valence-corrected chi connectivity index (χ0v) is 14.2. The molecule has 128 valence electrons. The predicted octanol–water partition coefficient (Wildman–Crippen LogP) is 2.96. The highest BCUT2D eigenvalue weighted by molar-refractivity contribution is 5.82. The molecule has 3 heterocycles. The van der Waals surface area contributed by atoms with Crippen molar-refractivity contribution < 1.29 is 9.18 Å². The van der Waals surface area contributed by atoms with Crippen LogP contribution in [0.2, 0.25) is 0 Å². The van der Waals surface area contributed by atoms with E-state index in [4.69, 9.17) is 0 Å². The van der Waals surface area contributed by atoms with Gasteiger partial charge in [-0.25, -0.2) is 4.39 Å². The maximum absolute atomic E-state index is 12.9. The lowest BCUT2D eigenvalue weighted by Crippen LogP contribution is -2.51. The van der Waals surface area contributed by atoms with Crippen molar-refractivity contribution in [3.8, 4) is 0 Å². The van der Waals surface area contributed by atoms with Crippen molar-refractivity contribution in [2.45, 2.75) is 12.8 Å². The molecule has 0 aliphatic carbocycles. The molecule has 1 aliphatic rings. The van der Waals surface area contributed by atoms with E-state index in [9.17, 15) is 9.18 Å². The number of aromatic nitrogens is 2. The minimum atomic E-state index is -0.275. The van der Waals surface area contributed by atoms with Gasteiger partial charge < -0.3 is 9.47 Å². The predicted molar refractivity (Wildman–Crippen MR) is 94.6 cm³/mol. The number of likely N-dealkylation sites (tertiary alicyclic amines) is 1. The Labute approximate surface area is 145 Å². The summed E-state index contributed by atoms with van der Waals surface area (Å²) in [6.07, 6.45) is 5.12. The van der Waals surface area contributed by atoms with Gasteiger partial charge in [0.1, 0.15) is 5.82 Å². The number of amides is 1. The summed E-state index contributed by atoms with van der Waals surface area (Å²) < 4.78 is 15.0. The standard InChI is InChI=1S/C20H20FN3O/c1-23-9-7-16-6-8-22-18(20(16)23)10-15-12-24(13-15)19(25)11-14-2-4-17(21)5-3-14/h2-9,15H,10-13H2,1H3. The third kappa shape index (κ3) is 3.14. The van der Waals surface area contributed by atoms with Gasteiger partial charge in [0.2, 0.25) is 5.91 Å². The second kappa shape index (κ2) is 6.31. The molecule has 4 rings (SSSR count). The van der Waals surface area contributed by atoms with E-state index in [0.717, 1.165) is 30.8 Å². The fourth-order valence-corrected chi connectivity index (χ4v) is 3.54. The second-order valence-corrected chi connectivity index (χ2v) is 6.79. The third-order valence-corrected chi connectivity index (χ3v) is 4.92. The van der Waals surface area contributed by atoms with Gasteiger partial charge in [0.05, 0.1) is 17.6 Å². The quantitative estimate of drug-likeness (QED) is 0.734. The average Bonchev–Trinajstić information content (AvgIpc) is 2.95. The van der Waals surface area contributed by atoms with Gasteiger partial charge in [0.25, 0.3) is 0 Å². The van der Waals surface area contributed by atoms with E-state index in [1.54, 1.807) is 12.1 Å². The molecule has 1 aliphatic heterocycles. The first-order valence-electron chi connectivity index (χ1n) is 8.51. The molecular weight excluding hydrogens is 317 g/mol. The van der Waals surface area contributed by atoms with Crippen molar-refractivity contribution in [1.29, 1.82) is 0 Å². The topological polar surface area (TPSA) is 38.1 Å². The van der Waals surface area contributed by atoms with E-state index >= 15 is 0 Å². The van der Waals surface area contributed by atoms with E-state index in [2.05, 4.69) is 21.8 Å². The van der Waals surface area contributed by atoms with Crippen molar-refractivity contribution in [2.24, 2.45) is 13.0 Å². The molecule has 5 heteroatoms. The Hall–Kier alpha value is -2.69. The Balaban J connectivity index is 1.36. The SMILES string of the molecule is Cn1ccc2ccnc(CC3CN(C(=O)Cc4ccc(F)cc4)C3)c21. The first kappa shape index (κ1) is 15.8. The minimum Gasteiger partial charge on any atom is -0.349 e. The van der Waals surface area contributed by atoms with E-state index in [1.807, 2.05) is 24.2 Å². The van der Waals surface area contributed by atoms with Crippen molar-refractivity contribution in [3.63, 3.8) is 0 Å². The van der Waals surface area contributed by atoms with Gasteiger partial charge in [0.15, 0.2) is 0 Å². The van der Waals surface area contributed by atoms with Gasteiger partial charge in [-0.05, 0) is 42.2 Å². The summed E-state index contributed by atoms with van der Waals surface area (Å²) in [6.45, 7) is 1.53. The van der Waals surface area contributed by atoms with Crippen molar-refractivity contribution in [3.05, 3.63) is 65.9 Å². The van der Waals surface area contributed by atoms with E-state index in [0.29, 0.717) is 12.3 Å². The lowest BCUT2D eigenvalue weighted by atomic mass is 9.93. The van der Waals surface area contributed by atoms with Crippen molar-refractivity contribution in [1.82, 2.24) is 14.5 Å². The number of nitrogens with zero attached hydrogens (tertiary/aromatic N) is 3. The second-order valence-electron chi connectivity index (χ2n) is 6.79. The normalized spacial score (nSPS) is 14.7. The van der Waals surface area contributed by atoms with Gasteiger partial charge >= 0.3 is 0 Å². The van der Waals surface area contributed by atoms with Gasteiger partial charge in [-0.3, -0.25) is 9.78 Å². The molecule has 0 saturated carbocycles. The summed E-state index contributed by atoms with van der Waals surface area (Å²) in [6, 6.07) is 10.3. The zero-order valence-electron chi connectivity index (χ0n) is 14.2. The van der Waals surface area contributed by atoms with E-state index in [-0.39, 0.29) is 11.7 Å². The molecule has 3 aromatic rings. The van der Waals surface area contributed by atoms with Crippen LogP contribution in [0.3, 0.4) is 0 Å². The van der Waals surface area contributed by atoms with Crippen LogP contribution in [0.4, 0.5) is 4.39 Å². The van der Waals surface area contributed by atoms with Crippen molar-refractivity contribution >= 4 is 16.8 Å². The van der Waals surface area contributed by atoms with Crippen LogP contribution in [-0.4, -0.2) is 33.4 Å². The summed E-state index contributed by atoms with van der Waals surface area (Å²) in [5.74, 6) is 0.278.